The van der Waals surface area contributed by atoms with Crippen LogP contribution >= 0.6 is 0 Å². The molecule has 1 atom stereocenters. The maximum atomic E-state index is 5.82. The molecule has 2 heteroatoms. The molecule has 0 amide bonds. The fourth-order valence-electron chi connectivity index (χ4n) is 2.71. The molecule has 1 saturated heterocycles. The van der Waals surface area contributed by atoms with E-state index in [9.17, 15) is 0 Å². The number of nitrogens with one attached hydrogen (secondary N) is 1. The van der Waals surface area contributed by atoms with Crippen LogP contribution in [0.15, 0.2) is 54.6 Å². The van der Waals surface area contributed by atoms with Crippen LogP contribution in [0.4, 0.5) is 0 Å². The molecule has 1 aliphatic rings. The summed E-state index contributed by atoms with van der Waals surface area (Å²) in [5, 5.41) is 3.63. The van der Waals surface area contributed by atoms with Gasteiger partial charge in [0.15, 0.2) is 0 Å². The summed E-state index contributed by atoms with van der Waals surface area (Å²) < 4.78 is 5.82. The molecule has 2 nitrogen and oxygen atoms in total. The predicted octanol–water partition coefficient (Wildman–Crippen LogP) is 4.68. The van der Waals surface area contributed by atoms with Crippen molar-refractivity contribution in [1.82, 2.24) is 5.32 Å². The van der Waals surface area contributed by atoms with Gasteiger partial charge in [0.05, 0.1) is 0 Å². The molecule has 0 saturated carbocycles. The van der Waals surface area contributed by atoms with Crippen LogP contribution in [0.2, 0.25) is 0 Å². The van der Waals surface area contributed by atoms with Gasteiger partial charge in [0.2, 0.25) is 0 Å². The van der Waals surface area contributed by atoms with E-state index >= 15 is 0 Å². The summed E-state index contributed by atoms with van der Waals surface area (Å²) in [4.78, 5) is 0. The van der Waals surface area contributed by atoms with Gasteiger partial charge in [-0.15, -0.1) is 0 Å². The molecule has 1 fully saturated rings. The number of benzene rings is 2. The molecule has 0 aliphatic carbocycles. The van der Waals surface area contributed by atoms with Crippen LogP contribution < -0.4 is 10.1 Å². The first-order chi connectivity index (χ1) is 9.92. The van der Waals surface area contributed by atoms with E-state index in [1.807, 2.05) is 30.3 Å². The molecule has 0 aromatic heterocycles. The van der Waals surface area contributed by atoms with Gasteiger partial charge in [-0.1, -0.05) is 43.2 Å². The first-order valence-corrected chi connectivity index (χ1v) is 7.48. The Bertz CT molecular complexity index is 513. The molecule has 0 unspecified atom stereocenters. The maximum Gasteiger partial charge on any atom is 0.127 e. The van der Waals surface area contributed by atoms with E-state index in [1.54, 1.807) is 0 Å². The summed E-state index contributed by atoms with van der Waals surface area (Å²) in [6, 6.07) is 18.9. The maximum absolute atomic E-state index is 5.82. The number of hydrogen-bond acceptors (Lipinski definition) is 2. The molecule has 1 N–H and O–H groups in total. The Morgan fingerprint density at radius 2 is 1.55 bits per heavy atom. The largest absolute Gasteiger partial charge is 0.457 e. The minimum atomic E-state index is 0.503. The van der Waals surface area contributed by atoms with Crippen LogP contribution in [0.3, 0.4) is 0 Å². The molecular weight excluding hydrogens is 246 g/mol. The SMILES string of the molecule is c1ccc(Oc2ccc([C@@H]3CCCCCN3)cc2)cc1. The molecule has 104 valence electrons. The average molecular weight is 267 g/mol. The molecule has 2 aromatic carbocycles. The van der Waals surface area contributed by atoms with Crippen molar-refractivity contribution >= 4 is 0 Å². The van der Waals surface area contributed by atoms with Gasteiger partial charge in [0.1, 0.15) is 11.5 Å². The normalized spacial score (nSPS) is 19.3. The number of ether oxygens (including phenoxy) is 1. The minimum absolute atomic E-state index is 0.503. The third-order valence-corrected chi connectivity index (χ3v) is 3.82. The summed E-state index contributed by atoms with van der Waals surface area (Å²) >= 11 is 0. The molecule has 0 radical (unpaired) electrons. The Kier molecular flexibility index (Phi) is 4.34. The second kappa shape index (κ2) is 6.58. The van der Waals surface area contributed by atoms with E-state index < -0.39 is 0 Å². The van der Waals surface area contributed by atoms with Gasteiger partial charge in [0, 0.05) is 6.04 Å². The summed E-state index contributed by atoms with van der Waals surface area (Å²) in [6.07, 6.45) is 5.20. The number of rotatable bonds is 3. The predicted molar refractivity (Wildman–Crippen MR) is 82.2 cm³/mol. The zero-order valence-corrected chi connectivity index (χ0v) is 11.7. The lowest BCUT2D eigenvalue weighted by Crippen LogP contribution is -2.20. The van der Waals surface area contributed by atoms with Crippen molar-refractivity contribution in [3.8, 4) is 11.5 Å². The fourth-order valence-corrected chi connectivity index (χ4v) is 2.71. The topological polar surface area (TPSA) is 21.3 Å². The van der Waals surface area contributed by atoms with E-state index in [-0.39, 0.29) is 0 Å². The molecule has 1 aliphatic heterocycles. The summed E-state index contributed by atoms with van der Waals surface area (Å²) in [5.41, 5.74) is 1.37. The Hall–Kier alpha value is -1.80. The standard InChI is InChI=1S/C18H21NO/c1-3-7-16(8-4-1)20-17-12-10-15(11-13-17)18-9-5-2-6-14-19-18/h1,3-4,7-8,10-13,18-19H,2,5-6,9,14H2/t18-/m0/s1. The highest BCUT2D eigenvalue weighted by atomic mass is 16.5. The lowest BCUT2D eigenvalue weighted by molar-refractivity contribution is 0.481. The third-order valence-electron chi connectivity index (χ3n) is 3.82. The highest BCUT2D eigenvalue weighted by Gasteiger charge is 2.13. The van der Waals surface area contributed by atoms with Crippen LogP contribution in [-0.2, 0) is 0 Å². The van der Waals surface area contributed by atoms with E-state index in [1.165, 1.54) is 31.2 Å². The van der Waals surface area contributed by atoms with Crippen LogP contribution in [-0.4, -0.2) is 6.54 Å². The molecule has 2 aromatic rings. The second-order valence-electron chi connectivity index (χ2n) is 5.34. The zero-order valence-electron chi connectivity index (χ0n) is 11.7. The van der Waals surface area contributed by atoms with Crippen LogP contribution in [0.5, 0.6) is 11.5 Å². The van der Waals surface area contributed by atoms with Crippen molar-refractivity contribution in [2.45, 2.75) is 31.7 Å². The van der Waals surface area contributed by atoms with Gasteiger partial charge in [-0.25, -0.2) is 0 Å². The van der Waals surface area contributed by atoms with Gasteiger partial charge < -0.3 is 10.1 Å². The Morgan fingerprint density at radius 3 is 2.35 bits per heavy atom. The van der Waals surface area contributed by atoms with Crippen molar-refractivity contribution in [3.63, 3.8) is 0 Å². The number of hydrogen-bond donors (Lipinski definition) is 1. The third kappa shape index (κ3) is 3.40. The lowest BCUT2D eigenvalue weighted by atomic mass is 10.0. The molecule has 3 rings (SSSR count). The second-order valence-corrected chi connectivity index (χ2v) is 5.34. The molecule has 20 heavy (non-hydrogen) atoms. The van der Waals surface area contributed by atoms with Crippen LogP contribution in [0.25, 0.3) is 0 Å². The number of para-hydroxylation sites is 1. The first-order valence-electron chi connectivity index (χ1n) is 7.48. The van der Waals surface area contributed by atoms with Crippen molar-refractivity contribution in [1.29, 1.82) is 0 Å². The fraction of sp³-hybridized carbons (Fsp3) is 0.333. The van der Waals surface area contributed by atoms with E-state index in [2.05, 4.69) is 29.6 Å². The Balaban J connectivity index is 1.67. The van der Waals surface area contributed by atoms with Gasteiger partial charge in [-0.05, 0) is 49.2 Å². The van der Waals surface area contributed by atoms with Crippen LogP contribution in [0, 0.1) is 0 Å². The van der Waals surface area contributed by atoms with E-state index in [0.717, 1.165) is 18.0 Å². The summed E-state index contributed by atoms with van der Waals surface area (Å²) in [6.45, 7) is 1.13. The minimum Gasteiger partial charge on any atom is -0.457 e. The highest BCUT2D eigenvalue weighted by Crippen LogP contribution is 2.26. The Labute approximate surface area is 120 Å². The average Bonchev–Trinajstić information content (AvgIpc) is 2.78. The monoisotopic (exact) mass is 267 g/mol. The van der Waals surface area contributed by atoms with Gasteiger partial charge in [-0.3, -0.25) is 0 Å². The lowest BCUT2D eigenvalue weighted by Gasteiger charge is -2.16. The quantitative estimate of drug-likeness (QED) is 0.871. The zero-order chi connectivity index (χ0) is 13.6. The summed E-state index contributed by atoms with van der Waals surface area (Å²) in [7, 11) is 0. The van der Waals surface area contributed by atoms with Crippen LogP contribution in [0.1, 0.15) is 37.3 Å². The van der Waals surface area contributed by atoms with Crippen molar-refractivity contribution < 1.29 is 4.74 Å². The molecule has 1 heterocycles. The first kappa shape index (κ1) is 13.2. The molecule has 0 spiro atoms. The van der Waals surface area contributed by atoms with Gasteiger partial charge in [-0.2, -0.15) is 0 Å². The van der Waals surface area contributed by atoms with Gasteiger partial charge in [0.25, 0.3) is 0 Å². The van der Waals surface area contributed by atoms with Crippen molar-refractivity contribution in [2.24, 2.45) is 0 Å². The molecular formula is C18H21NO. The highest BCUT2D eigenvalue weighted by molar-refractivity contribution is 5.34. The van der Waals surface area contributed by atoms with E-state index in [4.69, 9.17) is 4.74 Å². The smallest absolute Gasteiger partial charge is 0.127 e. The Morgan fingerprint density at radius 1 is 0.800 bits per heavy atom. The van der Waals surface area contributed by atoms with Crippen molar-refractivity contribution in [3.05, 3.63) is 60.2 Å². The van der Waals surface area contributed by atoms with Crippen molar-refractivity contribution in [2.75, 3.05) is 6.54 Å². The molecule has 0 bridgehead atoms. The van der Waals surface area contributed by atoms with E-state index in [0.29, 0.717) is 6.04 Å². The summed E-state index contributed by atoms with van der Waals surface area (Å²) in [5.74, 6) is 1.78. The van der Waals surface area contributed by atoms with Gasteiger partial charge >= 0.3 is 0 Å².